The van der Waals surface area contributed by atoms with Gasteiger partial charge in [0, 0.05) is 19.1 Å². The van der Waals surface area contributed by atoms with E-state index in [9.17, 15) is 9.90 Å². The lowest BCUT2D eigenvalue weighted by molar-refractivity contribution is -0.116. The van der Waals surface area contributed by atoms with Crippen LogP contribution in [0.1, 0.15) is 18.1 Å². The molecule has 3 heteroatoms. The molecule has 0 spiro atoms. The first-order valence-corrected chi connectivity index (χ1v) is 4.42. The molecule has 0 unspecified atom stereocenters. The van der Waals surface area contributed by atoms with Crippen molar-refractivity contribution in [1.29, 1.82) is 0 Å². The maximum absolute atomic E-state index is 10.9. The number of Topliss-reactive ketones (excluding diaryl/α,β-unsaturated/α-hetero) is 1. The summed E-state index contributed by atoms with van der Waals surface area (Å²) in [6.07, 6.45) is 0.267. The Morgan fingerprint density at radius 3 is 2.79 bits per heavy atom. The van der Waals surface area contributed by atoms with Crippen molar-refractivity contribution in [2.45, 2.75) is 20.0 Å². The van der Waals surface area contributed by atoms with Gasteiger partial charge in [-0.1, -0.05) is 6.07 Å². The third kappa shape index (κ3) is 2.85. The van der Waals surface area contributed by atoms with Crippen LogP contribution < -0.4 is 0 Å². The first kappa shape index (κ1) is 10.7. The molecule has 1 rings (SSSR count). The third-order valence-electron chi connectivity index (χ3n) is 1.89. The summed E-state index contributed by atoms with van der Waals surface area (Å²) in [5.41, 5.74) is 1.62. The standard InChI is InChI=1S/C11H14O3/c1-8(12)5-10-6-9(7-14-2)3-4-11(10)13/h3-4,6,13H,5,7H2,1-2H3. The zero-order valence-corrected chi connectivity index (χ0v) is 8.41. The summed E-state index contributed by atoms with van der Waals surface area (Å²) < 4.78 is 4.96. The van der Waals surface area contributed by atoms with Gasteiger partial charge in [-0.3, -0.25) is 4.79 Å². The summed E-state index contributed by atoms with van der Waals surface area (Å²) in [6.45, 7) is 1.99. The number of benzene rings is 1. The Morgan fingerprint density at radius 1 is 1.50 bits per heavy atom. The van der Waals surface area contributed by atoms with Crippen molar-refractivity contribution in [3.8, 4) is 5.75 Å². The summed E-state index contributed by atoms with van der Waals surface area (Å²) in [5.74, 6) is 0.204. The molecule has 0 aliphatic rings. The number of hydrogen-bond donors (Lipinski definition) is 1. The summed E-state index contributed by atoms with van der Waals surface area (Å²) in [5, 5.41) is 9.46. The van der Waals surface area contributed by atoms with Gasteiger partial charge in [0.25, 0.3) is 0 Å². The van der Waals surface area contributed by atoms with Crippen LogP contribution in [0.25, 0.3) is 0 Å². The van der Waals surface area contributed by atoms with Gasteiger partial charge in [0.2, 0.25) is 0 Å². The number of ether oxygens (including phenoxy) is 1. The first-order valence-electron chi connectivity index (χ1n) is 4.42. The second kappa shape index (κ2) is 4.77. The van der Waals surface area contributed by atoms with E-state index in [-0.39, 0.29) is 18.0 Å². The van der Waals surface area contributed by atoms with E-state index in [0.29, 0.717) is 12.2 Å². The van der Waals surface area contributed by atoms with E-state index in [1.807, 2.05) is 0 Å². The van der Waals surface area contributed by atoms with Crippen LogP contribution in [0, 0.1) is 0 Å². The lowest BCUT2D eigenvalue weighted by Crippen LogP contribution is -1.98. The molecule has 0 radical (unpaired) electrons. The molecule has 0 amide bonds. The highest BCUT2D eigenvalue weighted by molar-refractivity contribution is 5.78. The Balaban J connectivity index is 2.90. The quantitative estimate of drug-likeness (QED) is 0.793. The van der Waals surface area contributed by atoms with Crippen molar-refractivity contribution < 1.29 is 14.6 Å². The summed E-state index contributed by atoms with van der Waals surface area (Å²) in [4.78, 5) is 10.9. The first-order chi connectivity index (χ1) is 6.63. The van der Waals surface area contributed by atoms with Crippen LogP contribution in [0.2, 0.25) is 0 Å². The molecule has 0 aliphatic heterocycles. The molecular weight excluding hydrogens is 180 g/mol. The van der Waals surface area contributed by atoms with Crippen molar-refractivity contribution in [3.63, 3.8) is 0 Å². The number of carbonyl (C=O) groups excluding carboxylic acids is 1. The minimum absolute atomic E-state index is 0.0369. The number of rotatable bonds is 4. The minimum Gasteiger partial charge on any atom is -0.508 e. The fourth-order valence-electron chi connectivity index (χ4n) is 1.31. The van der Waals surface area contributed by atoms with Gasteiger partial charge in [-0.15, -0.1) is 0 Å². The molecule has 0 heterocycles. The Kier molecular flexibility index (Phi) is 3.65. The Bertz CT molecular complexity index is 331. The maximum Gasteiger partial charge on any atom is 0.134 e. The monoisotopic (exact) mass is 194 g/mol. The predicted octanol–water partition coefficient (Wildman–Crippen LogP) is 1.67. The average Bonchev–Trinajstić information content (AvgIpc) is 2.10. The van der Waals surface area contributed by atoms with Gasteiger partial charge in [-0.2, -0.15) is 0 Å². The number of phenols is 1. The topological polar surface area (TPSA) is 46.5 Å². The van der Waals surface area contributed by atoms with Crippen LogP contribution >= 0.6 is 0 Å². The van der Waals surface area contributed by atoms with Crippen molar-refractivity contribution in [2.75, 3.05) is 7.11 Å². The van der Waals surface area contributed by atoms with Crippen molar-refractivity contribution >= 4 is 5.78 Å². The lowest BCUT2D eigenvalue weighted by Gasteiger charge is -2.05. The molecule has 0 fully saturated rings. The van der Waals surface area contributed by atoms with Gasteiger partial charge in [0.15, 0.2) is 0 Å². The van der Waals surface area contributed by atoms with E-state index in [4.69, 9.17) is 4.74 Å². The Labute approximate surface area is 83.3 Å². The van der Waals surface area contributed by atoms with Gasteiger partial charge < -0.3 is 9.84 Å². The van der Waals surface area contributed by atoms with E-state index in [0.717, 1.165) is 5.56 Å². The SMILES string of the molecule is COCc1ccc(O)c(CC(C)=O)c1. The van der Waals surface area contributed by atoms with Crippen molar-refractivity contribution in [2.24, 2.45) is 0 Å². The fourth-order valence-corrected chi connectivity index (χ4v) is 1.31. The number of methoxy groups -OCH3 is 1. The molecule has 1 N–H and O–H groups in total. The van der Waals surface area contributed by atoms with Gasteiger partial charge >= 0.3 is 0 Å². The molecule has 1 aromatic rings. The number of ketones is 1. The molecule has 76 valence electrons. The number of hydrogen-bond acceptors (Lipinski definition) is 3. The van der Waals surface area contributed by atoms with E-state index in [1.165, 1.54) is 6.92 Å². The van der Waals surface area contributed by atoms with E-state index >= 15 is 0 Å². The summed E-state index contributed by atoms with van der Waals surface area (Å²) in [6, 6.07) is 5.16. The van der Waals surface area contributed by atoms with Gasteiger partial charge in [0.1, 0.15) is 11.5 Å². The summed E-state index contributed by atoms with van der Waals surface area (Å²) in [7, 11) is 1.61. The normalized spacial score (nSPS) is 10.1. The lowest BCUT2D eigenvalue weighted by atomic mass is 10.1. The second-order valence-electron chi connectivity index (χ2n) is 3.27. The van der Waals surface area contributed by atoms with Crippen LogP contribution in [0.4, 0.5) is 0 Å². The van der Waals surface area contributed by atoms with E-state index in [2.05, 4.69) is 0 Å². The maximum atomic E-state index is 10.9. The molecule has 0 saturated heterocycles. The zero-order valence-electron chi connectivity index (χ0n) is 8.41. The molecule has 14 heavy (non-hydrogen) atoms. The van der Waals surface area contributed by atoms with Crippen LogP contribution in [0.3, 0.4) is 0 Å². The van der Waals surface area contributed by atoms with Gasteiger partial charge in [-0.05, 0) is 24.6 Å². The van der Waals surface area contributed by atoms with E-state index < -0.39 is 0 Å². The minimum atomic E-state index is 0.0369. The number of carbonyl (C=O) groups is 1. The van der Waals surface area contributed by atoms with Crippen molar-refractivity contribution in [1.82, 2.24) is 0 Å². The predicted molar refractivity (Wildman–Crippen MR) is 53.2 cm³/mol. The van der Waals surface area contributed by atoms with E-state index in [1.54, 1.807) is 25.3 Å². The molecule has 0 bridgehead atoms. The molecular formula is C11H14O3. The fraction of sp³-hybridized carbons (Fsp3) is 0.364. The zero-order chi connectivity index (χ0) is 10.6. The summed E-state index contributed by atoms with van der Waals surface area (Å²) >= 11 is 0. The van der Waals surface area contributed by atoms with Crippen LogP contribution in [0.5, 0.6) is 5.75 Å². The Hall–Kier alpha value is -1.35. The average molecular weight is 194 g/mol. The van der Waals surface area contributed by atoms with Gasteiger partial charge in [0.05, 0.1) is 6.61 Å². The second-order valence-corrected chi connectivity index (χ2v) is 3.27. The van der Waals surface area contributed by atoms with Crippen molar-refractivity contribution in [3.05, 3.63) is 29.3 Å². The highest BCUT2D eigenvalue weighted by atomic mass is 16.5. The van der Waals surface area contributed by atoms with Crippen LogP contribution in [-0.4, -0.2) is 18.0 Å². The van der Waals surface area contributed by atoms with Gasteiger partial charge in [-0.25, -0.2) is 0 Å². The third-order valence-corrected chi connectivity index (χ3v) is 1.89. The molecule has 0 aliphatic carbocycles. The highest BCUT2D eigenvalue weighted by Gasteiger charge is 2.05. The smallest absolute Gasteiger partial charge is 0.134 e. The van der Waals surface area contributed by atoms with Crippen LogP contribution in [0.15, 0.2) is 18.2 Å². The van der Waals surface area contributed by atoms with Crippen LogP contribution in [-0.2, 0) is 22.6 Å². The number of aromatic hydroxyl groups is 1. The molecule has 0 saturated carbocycles. The highest BCUT2D eigenvalue weighted by Crippen LogP contribution is 2.19. The molecule has 0 atom stereocenters. The largest absolute Gasteiger partial charge is 0.508 e. The molecule has 1 aromatic carbocycles. The molecule has 0 aromatic heterocycles. The Morgan fingerprint density at radius 2 is 2.21 bits per heavy atom. The molecule has 3 nitrogen and oxygen atoms in total. The number of phenolic OH excluding ortho intramolecular Hbond substituents is 1.